The summed E-state index contributed by atoms with van der Waals surface area (Å²) in [4.78, 5) is 2.81. The second kappa shape index (κ2) is 5.85. The molecular formula is C13H20N2S. The van der Waals surface area contributed by atoms with Gasteiger partial charge < -0.3 is 10.6 Å². The fourth-order valence-corrected chi connectivity index (χ4v) is 2.04. The summed E-state index contributed by atoms with van der Waals surface area (Å²) in [5.74, 6) is 0. The van der Waals surface area contributed by atoms with E-state index in [2.05, 4.69) is 31.7 Å². The zero-order valence-corrected chi connectivity index (χ0v) is 11.1. The number of hydrogen-bond donors (Lipinski definition) is 1. The Balaban J connectivity index is 3.14. The molecule has 1 aromatic rings. The van der Waals surface area contributed by atoms with Gasteiger partial charge in [0, 0.05) is 23.8 Å². The molecule has 1 unspecified atom stereocenters. The normalized spacial score (nSPS) is 12.2. The van der Waals surface area contributed by atoms with Crippen LogP contribution in [0.5, 0.6) is 0 Å². The Morgan fingerprint density at radius 1 is 1.38 bits per heavy atom. The minimum Gasteiger partial charge on any atom is -0.389 e. The molecule has 0 fully saturated rings. The minimum atomic E-state index is 0.470. The summed E-state index contributed by atoms with van der Waals surface area (Å²) in [6.45, 7) is 7.54. The van der Waals surface area contributed by atoms with Crippen molar-refractivity contribution < 1.29 is 0 Å². The Bertz CT molecular complexity index is 363. The van der Waals surface area contributed by atoms with Gasteiger partial charge in [0.25, 0.3) is 0 Å². The summed E-state index contributed by atoms with van der Waals surface area (Å²) >= 11 is 5.09. The van der Waals surface area contributed by atoms with Crippen LogP contribution in [0.15, 0.2) is 24.3 Å². The number of nitrogens with zero attached hydrogens (tertiary/aromatic N) is 1. The monoisotopic (exact) mass is 236 g/mol. The van der Waals surface area contributed by atoms with Crippen molar-refractivity contribution >= 4 is 22.9 Å². The lowest BCUT2D eigenvalue weighted by Crippen LogP contribution is -2.34. The molecule has 0 saturated heterocycles. The zero-order valence-electron chi connectivity index (χ0n) is 10.2. The van der Waals surface area contributed by atoms with E-state index in [0.29, 0.717) is 11.0 Å². The molecule has 0 aliphatic carbocycles. The van der Waals surface area contributed by atoms with Gasteiger partial charge in [-0.25, -0.2) is 0 Å². The van der Waals surface area contributed by atoms with Crippen LogP contribution < -0.4 is 10.6 Å². The average Bonchev–Trinajstić information content (AvgIpc) is 2.30. The van der Waals surface area contributed by atoms with Crippen molar-refractivity contribution in [1.29, 1.82) is 0 Å². The predicted molar refractivity (Wildman–Crippen MR) is 75.1 cm³/mol. The molecular weight excluding hydrogens is 216 g/mol. The lowest BCUT2D eigenvalue weighted by molar-refractivity contribution is 0.630. The Labute approximate surface area is 103 Å². The molecule has 0 radical (unpaired) electrons. The lowest BCUT2D eigenvalue weighted by atomic mass is 10.1. The van der Waals surface area contributed by atoms with E-state index < -0.39 is 0 Å². The number of benzene rings is 1. The van der Waals surface area contributed by atoms with Gasteiger partial charge in [-0.1, -0.05) is 31.3 Å². The van der Waals surface area contributed by atoms with E-state index in [4.69, 9.17) is 18.0 Å². The summed E-state index contributed by atoms with van der Waals surface area (Å²) in [5.41, 5.74) is 7.87. The van der Waals surface area contributed by atoms with E-state index in [-0.39, 0.29) is 0 Å². The van der Waals surface area contributed by atoms with Gasteiger partial charge in [-0.3, -0.25) is 0 Å². The highest BCUT2D eigenvalue weighted by molar-refractivity contribution is 7.80. The molecule has 0 heterocycles. The third kappa shape index (κ3) is 2.73. The van der Waals surface area contributed by atoms with E-state index >= 15 is 0 Å². The van der Waals surface area contributed by atoms with E-state index in [1.54, 1.807) is 0 Å². The second-order valence-corrected chi connectivity index (χ2v) is 4.36. The molecule has 2 nitrogen and oxygen atoms in total. The molecule has 1 rings (SSSR count). The molecule has 0 aliphatic heterocycles. The summed E-state index contributed by atoms with van der Waals surface area (Å²) < 4.78 is 0. The van der Waals surface area contributed by atoms with E-state index in [9.17, 15) is 0 Å². The molecule has 1 atom stereocenters. The fraction of sp³-hybridized carbons (Fsp3) is 0.462. The van der Waals surface area contributed by atoms with Crippen LogP contribution in [0.1, 0.15) is 32.8 Å². The van der Waals surface area contributed by atoms with Gasteiger partial charge in [-0.2, -0.15) is 0 Å². The Morgan fingerprint density at radius 2 is 2.00 bits per heavy atom. The third-order valence-electron chi connectivity index (χ3n) is 2.94. The maximum atomic E-state index is 5.75. The van der Waals surface area contributed by atoms with Crippen LogP contribution in [-0.2, 0) is 0 Å². The molecule has 0 bridgehead atoms. The third-order valence-corrected chi connectivity index (χ3v) is 3.16. The van der Waals surface area contributed by atoms with Crippen LogP contribution in [0.25, 0.3) is 0 Å². The molecule has 0 spiro atoms. The van der Waals surface area contributed by atoms with Gasteiger partial charge in [-0.15, -0.1) is 0 Å². The first-order valence-electron chi connectivity index (χ1n) is 5.77. The van der Waals surface area contributed by atoms with Crippen LogP contribution in [0, 0.1) is 0 Å². The van der Waals surface area contributed by atoms with E-state index in [1.165, 1.54) is 0 Å². The minimum absolute atomic E-state index is 0.470. The number of hydrogen-bond acceptors (Lipinski definition) is 2. The number of anilines is 1. The van der Waals surface area contributed by atoms with Gasteiger partial charge in [0.1, 0.15) is 4.99 Å². The van der Waals surface area contributed by atoms with Gasteiger partial charge in [-0.05, 0) is 32.4 Å². The van der Waals surface area contributed by atoms with Crippen LogP contribution >= 0.6 is 12.2 Å². The highest BCUT2D eigenvalue weighted by Gasteiger charge is 2.15. The smallest absolute Gasteiger partial charge is 0.106 e. The predicted octanol–water partition coefficient (Wildman–Crippen LogP) is 2.95. The molecule has 0 aliphatic rings. The number of para-hydroxylation sites is 1. The van der Waals surface area contributed by atoms with Gasteiger partial charge in [0.2, 0.25) is 0 Å². The van der Waals surface area contributed by atoms with Gasteiger partial charge >= 0.3 is 0 Å². The summed E-state index contributed by atoms with van der Waals surface area (Å²) in [7, 11) is 0. The first-order chi connectivity index (χ1) is 7.61. The fourth-order valence-electron chi connectivity index (χ4n) is 1.87. The number of rotatable bonds is 5. The maximum absolute atomic E-state index is 5.75. The topological polar surface area (TPSA) is 29.3 Å². The average molecular weight is 236 g/mol. The molecule has 0 amide bonds. The summed E-state index contributed by atoms with van der Waals surface area (Å²) in [6, 6.07) is 8.58. The van der Waals surface area contributed by atoms with Crippen LogP contribution in [0.2, 0.25) is 0 Å². The van der Waals surface area contributed by atoms with Crippen molar-refractivity contribution in [3.63, 3.8) is 0 Å². The lowest BCUT2D eigenvalue weighted by Gasteiger charge is -2.31. The van der Waals surface area contributed by atoms with Crippen molar-refractivity contribution in [3.05, 3.63) is 29.8 Å². The molecule has 0 saturated carbocycles. The molecule has 0 aromatic heterocycles. The van der Waals surface area contributed by atoms with E-state index in [0.717, 1.165) is 24.2 Å². The van der Waals surface area contributed by atoms with Crippen molar-refractivity contribution in [1.82, 2.24) is 0 Å². The zero-order chi connectivity index (χ0) is 12.1. The van der Waals surface area contributed by atoms with Crippen LogP contribution in [-0.4, -0.2) is 17.6 Å². The first-order valence-corrected chi connectivity index (χ1v) is 6.18. The highest BCUT2D eigenvalue weighted by Crippen LogP contribution is 2.23. The van der Waals surface area contributed by atoms with Crippen molar-refractivity contribution in [2.45, 2.75) is 33.2 Å². The molecule has 1 aromatic carbocycles. The van der Waals surface area contributed by atoms with Gasteiger partial charge in [0.05, 0.1) is 0 Å². The maximum Gasteiger partial charge on any atom is 0.106 e. The van der Waals surface area contributed by atoms with E-state index in [1.807, 2.05) is 18.2 Å². The number of nitrogens with two attached hydrogens (primary N) is 1. The summed E-state index contributed by atoms with van der Waals surface area (Å²) in [6.07, 6.45) is 1.11. The SMILES string of the molecule is CCC(C)N(CC)c1ccccc1C(N)=S. The van der Waals surface area contributed by atoms with Gasteiger partial charge in [0.15, 0.2) is 0 Å². The standard InChI is InChI=1S/C13H20N2S/c1-4-10(3)15(5-2)12-9-7-6-8-11(12)13(14)16/h6-10H,4-5H2,1-3H3,(H2,14,16). The van der Waals surface area contributed by atoms with Crippen LogP contribution in [0.4, 0.5) is 5.69 Å². The summed E-state index contributed by atoms with van der Waals surface area (Å²) in [5, 5.41) is 0. The van der Waals surface area contributed by atoms with Crippen molar-refractivity contribution in [2.75, 3.05) is 11.4 Å². The highest BCUT2D eigenvalue weighted by atomic mass is 32.1. The van der Waals surface area contributed by atoms with Crippen molar-refractivity contribution in [3.8, 4) is 0 Å². The molecule has 88 valence electrons. The Morgan fingerprint density at radius 3 is 2.50 bits per heavy atom. The second-order valence-electron chi connectivity index (χ2n) is 3.92. The Hall–Kier alpha value is -1.09. The Kier molecular flexibility index (Phi) is 4.74. The molecule has 2 N–H and O–H groups in total. The number of thiocarbonyl (C=S) groups is 1. The van der Waals surface area contributed by atoms with Crippen molar-refractivity contribution in [2.24, 2.45) is 5.73 Å². The quantitative estimate of drug-likeness (QED) is 0.797. The molecule has 16 heavy (non-hydrogen) atoms. The first kappa shape index (κ1) is 13.0. The molecule has 3 heteroatoms. The largest absolute Gasteiger partial charge is 0.389 e. The van der Waals surface area contributed by atoms with Crippen LogP contribution in [0.3, 0.4) is 0 Å².